The van der Waals surface area contributed by atoms with Gasteiger partial charge in [0.05, 0.1) is 5.41 Å². The molecule has 0 saturated heterocycles. The first kappa shape index (κ1) is 11.0. The van der Waals surface area contributed by atoms with E-state index in [0.29, 0.717) is 12.8 Å². The number of rotatable bonds is 2. The smallest absolute Gasteiger partial charge is 0.314 e. The van der Waals surface area contributed by atoms with Gasteiger partial charge >= 0.3 is 5.97 Å². The van der Waals surface area contributed by atoms with Crippen LogP contribution in [0.4, 0.5) is 8.78 Å². The Hall–Kier alpha value is -1.45. The topological polar surface area (TPSA) is 37.3 Å². The standard InChI is InChI=1S/C12H12F2O2/c1-7-5-8(10(14)6-9(7)13)12(11(15)16)3-2-4-12/h5-6H,2-4H2,1H3,(H,15,16). The van der Waals surface area contributed by atoms with Gasteiger partial charge in [-0.25, -0.2) is 8.78 Å². The van der Waals surface area contributed by atoms with Gasteiger partial charge in [0.25, 0.3) is 0 Å². The van der Waals surface area contributed by atoms with E-state index in [1.807, 2.05) is 0 Å². The number of benzene rings is 1. The van der Waals surface area contributed by atoms with Gasteiger partial charge in [-0.3, -0.25) is 4.79 Å². The van der Waals surface area contributed by atoms with Crippen LogP contribution in [0.5, 0.6) is 0 Å². The van der Waals surface area contributed by atoms with Crippen molar-refractivity contribution >= 4 is 5.97 Å². The molecule has 0 bridgehead atoms. The minimum absolute atomic E-state index is 0.116. The molecule has 1 saturated carbocycles. The zero-order valence-electron chi connectivity index (χ0n) is 8.89. The Bertz CT molecular complexity index is 451. The summed E-state index contributed by atoms with van der Waals surface area (Å²) in [6, 6.07) is 2.09. The van der Waals surface area contributed by atoms with Gasteiger partial charge < -0.3 is 5.11 Å². The highest BCUT2D eigenvalue weighted by atomic mass is 19.1. The summed E-state index contributed by atoms with van der Waals surface area (Å²) in [5.41, 5.74) is -0.739. The normalized spacial score (nSPS) is 17.9. The van der Waals surface area contributed by atoms with E-state index in [0.717, 1.165) is 12.5 Å². The zero-order chi connectivity index (χ0) is 11.9. The van der Waals surface area contributed by atoms with E-state index in [9.17, 15) is 13.6 Å². The minimum atomic E-state index is -1.14. The van der Waals surface area contributed by atoms with Crippen LogP contribution in [0.3, 0.4) is 0 Å². The van der Waals surface area contributed by atoms with Crippen LogP contribution in [0.2, 0.25) is 0 Å². The van der Waals surface area contributed by atoms with Gasteiger partial charge in [0.1, 0.15) is 11.6 Å². The third kappa shape index (κ3) is 1.40. The van der Waals surface area contributed by atoms with Crippen LogP contribution >= 0.6 is 0 Å². The average Bonchev–Trinajstić information content (AvgIpc) is 2.11. The number of carboxylic acids is 1. The summed E-state index contributed by atoms with van der Waals surface area (Å²) in [4.78, 5) is 11.2. The number of hydrogen-bond donors (Lipinski definition) is 1. The molecule has 0 amide bonds. The van der Waals surface area contributed by atoms with Gasteiger partial charge in [-0.05, 0) is 31.4 Å². The van der Waals surface area contributed by atoms with Crippen molar-refractivity contribution in [2.24, 2.45) is 0 Å². The van der Waals surface area contributed by atoms with Crippen molar-refractivity contribution in [3.8, 4) is 0 Å². The first-order valence-electron chi connectivity index (χ1n) is 5.17. The second-order valence-electron chi connectivity index (χ2n) is 4.32. The van der Waals surface area contributed by atoms with Crippen molar-refractivity contribution < 1.29 is 18.7 Å². The zero-order valence-corrected chi connectivity index (χ0v) is 8.89. The Morgan fingerprint density at radius 2 is 1.94 bits per heavy atom. The molecule has 16 heavy (non-hydrogen) atoms. The van der Waals surface area contributed by atoms with Gasteiger partial charge in [-0.1, -0.05) is 6.42 Å². The lowest BCUT2D eigenvalue weighted by atomic mass is 9.64. The predicted octanol–water partition coefficient (Wildman–Crippen LogP) is 2.78. The fraction of sp³-hybridized carbons (Fsp3) is 0.417. The Balaban J connectivity index is 2.55. The maximum absolute atomic E-state index is 13.6. The fourth-order valence-corrected chi connectivity index (χ4v) is 2.15. The summed E-state index contributed by atoms with van der Waals surface area (Å²) >= 11 is 0. The molecule has 86 valence electrons. The van der Waals surface area contributed by atoms with Crippen LogP contribution in [0.15, 0.2) is 12.1 Å². The van der Waals surface area contributed by atoms with E-state index in [2.05, 4.69) is 0 Å². The number of carbonyl (C=O) groups is 1. The van der Waals surface area contributed by atoms with Crippen LogP contribution in [0, 0.1) is 18.6 Å². The molecule has 0 spiro atoms. The van der Waals surface area contributed by atoms with Crippen molar-refractivity contribution in [2.45, 2.75) is 31.6 Å². The monoisotopic (exact) mass is 226 g/mol. The third-order valence-corrected chi connectivity index (χ3v) is 3.38. The number of halogens is 2. The molecule has 0 atom stereocenters. The number of aliphatic carboxylic acids is 1. The second-order valence-corrected chi connectivity index (χ2v) is 4.32. The van der Waals surface area contributed by atoms with Crippen molar-refractivity contribution in [3.63, 3.8) is 0 Å². The molecule has 1 aliphatic carbocycles. The van der Waals surface area contributed by atoms with E-state index in [1.165, 1.54) is 13.0 Å². The molecule has 1 aromatic rings. The van der Waals surface area contributed by atoms with Crippen molar-refractivity contribution in [1.82, 2.24) is 0 Å². The van der Waals surface area contributed by atoms with Crippen LogP contribution in [-0.2, 0) is 10.2 Å². The Kier molecular flexibility index (Phi) is 2.45. The fourth-order valence-electron chi connectivity index (χ4n) is 2.15. The molecule has 2 rings (SSSR count). The summed E-state index contributed by atoms with van der Waals surface area (Å²) in [6.07, 6.45) is 1.61. The van der Waals surface area contributed by atoms with Gasteiger partial charge in [0, 0.05) is 11.6 Å². The van der Waals surface area contributed by atoms with Gasteiger partial charge in [-0.15, -0.1) is 0 Å². The highest BCUT2D eigenvalue weighted by Gasteiger charge is 2.47. The number of aryl methyl sites for hydroxylation is 1. The largest absolute Gasteiger partial charge is 0.481 e. The van der Waals surface area contributed by atoms with E-state index in [1.54, 1.807) is 0 Å². The molecule has 2 nitrogen and oxygen atoms in total. The number of hydrogen-bond acceptors (Lipinski definition) is 1. The van der Waals surface area contributed by atoms with Crippen LogP contribution in [-0.4, -0.2) is 11.1 Å². The molecule has 0 heterocycles. The quantitative estimate of drug-likeness (QED) is 0.841. The van der Waals surface area contributed by atoms with E-state index in [-0.39, 0.29) is 11.1 Å². The summed E-state index contributed by atoms with van der Waals surface area (Å²) in [5, 5.41) is 9.16. The molecule has 0 radical (unpaired) electrons. The molecule has 1 fully saturated rings. The lowest BCUT2D eigenvalue weighted by Gasteiger charge is -2.38. The van der Waals surface area contributed by atoms with Gasteiger partial charge in [0.15, 0.2) is 0 Å². The maximum atomic E-state index is 13.6. The average molecular weight is 226 g/mol. The lowest BCUT2D eigenvalue weighted by Crippen LogP contribution is -2.43. The SMILES string of the molecule is Cc1cc(C2(C(=O)O)CCC2)c(F)cc1F. The summed E-state index contributed by atoms with van der Waals surface area (Å²) < 4.78 is 26.7. The first-order valence-corrected chi connectivity index (χ1v) is 5.17. The van der Waals surface area contributed by atoms with Crippen LogP contribution in [0.25, 0.3) is 0 Å². The Morgan fingerprint density at radius 3 is 2.38 bits per heavy atom. The molecule has 0 unspecified atom stereocenters. The molecular weight excluding hydrogens is 214 g/mol. The maximum Gasteiger partial charge on any atom is 0.314 e. The number of carboxylic acid groups (broad SMARTS) is 1. The van der Waals surface area contributed by atoms with Gasteiger partial charge in [-0.2, -0.15) is 0 Å². The van der Waals surface area contributed by atoms with E-state index >= 15 is 0 Å². The van der Waals surface area contributed by atoms with Crippen molar-refractivity contribution in [3.05, 3.63) is 34.9 Å². The molecular formula is C12H12F2O2. The van der Waals surface area contributed by atoms with Gasteiger partial charge in [0.2, 0.25) is 0 Å². The second kappa shape index (κ2) is 3.54. The Morgan fingerprint density at radius 1 is 1.31 bits per heavy atom. The summed E-state index contributed by atoms with van der Waals surface area (Å²) in [7, 11) is 0. The predicted molar refractivity (Wildman–Crippen MR) is 54.3 cm³/mol. The highest BCUT2D eigenvalue weighted by Crippen LogP contribution is 2.45. The lowest BCUT2D eigenvalue weighted by molar-refractivity contribution is -0.147. The molecule has 1 N–H and O–H groups in total. The van der Waals surface area contributed by atoms with Crippen molar-refractivity contribution in [1.29, 1.82) is 0 Å². The first-order chi connectivity index (χ1) is 7.47. The third-order valence-electron chi connectivity index (χ3n) is 3.38. The summed E-state index contributed by atoms with van der Waals surface area (Å²) in [5.74, 6) is -2.42. The Labute approximate surface area is 91.9 Å². The van der Waals surface area contributed by atoms with E-state index < -0.39 is 23.0 Å². The van der Waals surface area contributed by atoms with Crippen LogP contribution in [0.1, 0.15) is 30.4 Å². The highest BCUT2D eigenvalue weighted by molar-refractivity contribution is 5.82. The molecule has 0 aliphatic heterocycles. The molecule has 4 heteroatoms. The molecule has 0 aromatic heterocycles. The van der Waals surface area contributed by atoms with Crippen LogP contribution < -0.4 is 0 Å². The minimum Gasteiger partial charge on any atom is -0.481 e. The van der Waals surface area contributed by atoms with Crippen molar-refractivity contribution in [2.75, 3.05) is 0 Å². The summed E-state index contributed by atoms with van der Waals surface area (Å²) in [6.45, 7) is 1.51. The van der Waals surface area contributed by atoms with E-state index in [4.69, 9.17) is 5.11 Å². The molecule has 1 aromatic carbocycles. The molecule has 1 aliphatic rings.